The van der Waals surface area contributed by atoms with E-state index in [9.17, 15) is 0 Å². The Bertz CT molecular complexity index is 774. The zero-order valence-electron chi connectivity index (χ0n) is 13.8. The maximum absolute atomic E-state index is 6.12. The molecular formula is C20H24N2O. The van der Waals surface area contributed by atoms with E-state index in [2.05, 4.69) is 54.1 Å². The summed E-state index contributed by atoms with van der Waals surface area (Å²) in [5.41, 5.74) is 10.0. The molecule has 0 aliphatic rings. The third-order valence-electron chi connectivity index (χ3n) is 4.53. The molecule has 3 heteroatoms. The average Bonchev–Trinajstić information content (AvgIpc) is 2.99. The van der Waals surface area contributed by atoms with Gasteiger partial charge in [-0.3, -0.25) is 0 Å². The number of benzene rings is 2. The maximum atomic E-state index is 6.12. The van der Waals surface area contributed by atoms with E-state index in [0.29, 0.717) is 12.5 Å². The Morgan fingerprint density at radius 2 is 1.83 bits per heavy atom. The van der Waals surface area contributed by atoms with Crippen LogP contribution >= 0.6 is 0 Å². The van der Waals surface area contributed by atoms with Crippen LogP contribution in [0.15, 0.2) is 54.7 Å². The van der Waals surface area contributed by atoms with Gasteiger partial charge in [-0.15, -0.1) is 0 Å². The lowest BCUT2D eigenvalue weighted by atomic mass is 9.92. The highest BCUT2D eigenvalue weighted by molar-refractivity contribution is 5.84. The second-order valence-electron chi connectivity index (χ2n) is 5.87. The van der Waals surface area contributed by atoms with Crippen molar-refractivity contribution in [2.45, 2.75) is 25.8 Å². The van der Waals surface area contributed by atoms with Gasteiger partial charge in [-0.1, -0.05) is 30.3 Å². The number of hydrogen-bond acceptors (Lipinski definition) is 2. The van der Waals surface area contributed by atoms with E-state index in [1.165, 1.54) is 22.0 Å². The van der Waals surface area contributed by atoms with Gasteiger partial charge in [0.05, 0.1) is 7.11 Å². The monoisotopic (exact) mass is 308 g/mol. The standard InChI is InChI=1S/C20H24N2O/c1-3-22-14-19(18-6-4-5-7-20(18)22)16(13-21)12-15-8-10-17(23-2)11-9-15/h4-11,14,16H,3,12-13,21H2,1-2H3. The molecule has 1 aromatic heterocycles. The molecule has 2 N–H and O–H groups in total. The third-order valence-corrected chi connectivity index (χ3v) is 4.53. The molecule has 23 heavy (non-hydrogen) atoms. The highest BCUT2D eigenvalue weighted by Crippen LogP contribution is 2.30. The minimum Gasteiger partial charge on any atom is -0.497 e. The Labute approximate surface area is 137 Å². The first-order valence-electron chi connectivity index (χ1n) is 8.17. The second kappa shape index (κ2) is 6.88. The summed E-state index contributed by atoms with van der Waals surface area (Å²) in [6.07, 6.45) is 3.21. The number of nitrogens with two attached hydrogens (primary N) is 1. The molecule has 0 fully saturated rings. The number of hydrogen-bond donors (Lipinski definition) is 1. The van der Waals surface area contributed by atoms with Crippen LogP contribution in [-0.4, -0.2) is 18.2 Å². The molecule has 1 heterocycles. The summed E-state index contributed by atoms with van der Waals surface area (Å²) in [6, 6.07) is 16.9. The molecule has 1 unspecified atom stereocenters. The fourth-order valence-corrected chi connectivity index (χ4v) is 3.23. The Hall–Kier alpha value is -2.26. The van der Waals surface area contributed by atoms with E-state index in [1.54, 1.807) is 7.11 Å². The minimum atomic E-state index is 0.320. The van der Waals surface area contributed by atoms with Crippen LogP contribution in [0, 0.1) is 0 Å². The highest BCUT2D eigenvalue weighted by atomic mass is 16.5. The first-order valence-corrected chi connectivity index (χ1v) is 8.17. The van der Waals surface area contributed by atoms with Crippen LogP contribution in [0.2, 0.25) is 0 Å². The molecule has 0 spiro atoms. The smallest absolute Gasteiger partial charge is 0.118 e. The van der Waals surface area contributed by atoms with E-state index in [1.807, 2.05) is 12.1 Å². The predicted octanol–water partition coefficient (Wildman–Crippen LogP) is 3.95. The molecule has 1 atom stereocenters. The molecule has 0 saturated carbocycles. The number of ether oxygens (including phenoxy) is 1. The topological polar surface area (TPSA) is 40.2 Å². The number of nitrogens with zero attached hydrogens (tertiary/aromatic N) is 1. The van der Waals surface area contributed by atoms with E-state index >= 15 is 0 Å². The summed E-state index contributed by atoms with van der Waals surface area (Å²) in [4.78, 5) is 0. The summed E-state index contributed by atoms with van der Waals surface area (Å²) in [6.45, 7) is 3.79. The zero-order valence-corrected chi connectivity index (χ0v) is 13.8. The van der Waals surface area contributed by atoms with Gasteiger partial charge in [0.15, 0.2) is 0 Å². The van der Waals surface area contributed by atoms with Gasteiger partial charge in [0.2, 0.25) is 0 Å². The SMILES string of the molecule is CCn1cc(C(CN)Cc2ccc(OC)cc2)c2ccccc21. The van der Waals surface area contributed by atoms with Crippen molar-refractivity contribution in [3.63, 3.8) is 0 Å². The fourth-order valence-electron chi connectivity index (χ4n) is 3.23. The van der Waals surface area contributed by atoms with Gasteiger partial charge >= 0.3 is 0 Å². The minimum absolute atomic E-state index is 0.320. The van der Waals surface area contributed by atoms with Gasteiger partial charge in [0, 0.05) is 29.6 Å². The molecule has 0 aliphatic carbocycles. The lowest BCUT2D eigenvalue weighted by Gasteiger charge is -2.15. The van der Waals surface area contributed by atoms with Crippen molar-refractivity contribution in [1.82, 2.24) is 4.57 Å². The first kappa shape index (κ1) is 15.6. The third kappa shape index (κ3) is 3.10. The van der Waals surface area contributed by atoms with E-state index in [4.69, 9.17) is 10.5 Å². The molecule has 0 radical (unpaired) electrons. The molecule has 0 amide bonds. The van der Waals surface area contributed by atoms with Crippen molar-refractivity contribution in [2.75, 3.05) is 13.7 Å². The maximum Gasteiger partial charge on any atom is 0.118 e. The molecule has 120 valence electrons. The van der Waals surface area contributed by atoms with Gasteiger partial charge in [-0.05, 0) is 49.2 Å². The normalized spacial score (nSPS) is 12.5. The van der Waals surface area contributed by atoms with Gasteiger partial charge in [0.1, 0.15) is 5.75 Å². The number of methoxy groups -OCH3 is 1. The Balaban J connectivity index is 1.94. The van der Waals surface area contributed by atoms with Gasteiger partial charge in [-0.25, -0.2) is 0 Å². The van der Waals surface area contributed by atoms with Crippen LogP contribution in [0.4, 0.5) is 0 Å². The van der Waals surface area contributed by atoms with Crippen LogP contribution in [0.25, 0.3) is 10.9 Å². The van der Waals surface area contributed by atoms with Crippen LogP contribution < -0.4 is 10.5 Å². The van der Waals surface area contributed by atoms with E-state index in [-0.39, 0.29) is 0 Å². The molecule has 0 aliphatic heterocycles. The lowest BCUT2D eigenvalue weighted by molar-refractivity contribution is 0.414. The molecular weight excluding hydrogens is 284 g/mol. The van der Waals surface area contributed by atoms with Crippen molar-refractivity contribution in [3.8, 4) is 5.75 Å². The molecule has 2 aromatic carbocycles. The second-order valence-corrected chi connectivity index (χ2v) is 5.87. The van der Waals surface area contributed by atoms with Crippen LogP contribution in [0.3, 0.4) is 0 Å². The van der Waals surface area contributed by atoms with Gasteiger partial charge < -0.3 is 15.0 Å². The molecule has 3 nitrogen and oxygen atoms in total. The predicted molar refractivity (Wildman–Crippen MR) is 96.1 cm³/mol. The molecule has 0 saturated heterocycles. The molecule has 3 aromatic rings. The Morgan fingerprint density at radius 3 is 2.48 bits per heavy atom. The van der Waals surface area contributed by atoms with Crippen LogP contribution in [0.1, 0.15) is 24.0 Å². The van der Waals surface area contributed by atoms with Crippen molar-refractivity contribution in [3.05, 3.63) is 65.9 Å². The summed E-state index contributed by atoms with van der Waals surface area (Å²) in [5, 5.41) is 1.32. The van der Waals surface area contributed by atoms with E-state index in [0.717, 1.165) is 18.7 Å². The molecule has 3 rings (SSSR count). The number of aromatic nitrogens is 1. The van der Waals surface area contributed by atoms with Crippen LogP contribution in [-0.2, 0) is 13.0 Å². The average molecular weight is 308 g/mol. The lowest BCUT2D eigenvalue weighted by Crippen LogP contribution is -2.15. The summed E-state index contributed by atoms with van der Waals surface area (Å²) >= 11 is 0. The summed E-state index contributed by atoms with van der Waals surface area (Å²) < 4.78 is 7.54. The number of para-hydroxylation sites is 1. The Morgan fingerprint density at radius 1 is 1.09 bits per heavy atom. The summed E-state index contributed by atoms with van der Waals surface area (Å²) in [7, 11) is 1.69. The number of aryl methyl sites for hydroxylation is 1. The van der Waals surface area contributed by atoms with Gasteiger partial charge in [0.25, 0.3) is 0 Å². The van der Waals surface area contributed by atoms with Crippen molar-refractivity contribution < 1.29 is 4.74 Å². The summed E-state index contributed by atoms with van der Waals surface area (Å²) in [5.74, 6) is 1.21. The quantitative estimate of drug-likeness (QED) is 0.749. The Kier molecular flexibility index (Phi) is 4.68. The largest absolute Gasteiger partial charge is 0.497 e. The number of rotatable bonds is 6. The fraction of sp³-hybridized carbons (Fsp3) is 0.300. The van der Waals surface area contributed by atoms with Crippen molar-refractivity contribution in [2.24, 2.45) is 5.73 Å². The highest BCUT2D eigenvalue weighted by Gasteiger charge is 2.17. The van der Waals surface area contributed by atoms with Crippen LogP contribution in [0.5, 0.6) is 5.75 Å². The van der Waals surface area contributed by atoms with Crippen molar-refractivity contribution in [1.29, 1.82) is 0 Å². The first-order chi connectivity index (χ1) is 11.3. The van der Waals surface area contributed by atoms with Gasteiger partial charge in [-0.2, -0.15) is 0 Å². The number of fused-ring (bicyclic) bond motifs is 1. The zero-order chi connectivity index (χ0) is 16.2. The van der Waals surface area contributed by atoms with Crippen molar-refractivity contribution >= 4 is 10.9 Å². The molecule has 0 bridgehead atoms. The van der Waals surface area contributed by atoms with E-state index < -0.39 is 0 Å².